The van der Waals surface area contributed by atoms with E-state index in [1.165, 1.54) is 11.9 Å². The van der Waals surface area contributed by atoms with Crippen LogP contribution < -0.4 is 16.4 Å². The molecule has 0 unspecified atom stereocenters. The van der Waals surface area contributed by atoms with Crippen LogP contribution in [0.25, 0.3) is 11.1 Å². The van der Waals surface area contributed by atoms with Crippen molar-refractivity contribution in [2.45, 2.75) is 52.5 Å². The van der Waals surface area contributed by atoms with E-state index in [1.54, 1.807) is 0 Å². The number of aromatic nitrogens is 3. The summed E-state index contributed by atoms with van der Waals surface area (Å²) in [6.07, 6.45) is 7.89. The van der Waals surface area contributed by atoms with E-state index in [1.807, 2.05) is 44.2 Å². The van der Waals surface area contributed by atoms with Crippen molar-refractivity contribution in [3.63, 3.8) is 0 Å². The highest BCUT2D eigenvalue weighted by atomic mass is 16.4. The molecule has 184 valence electrons. The largest absolute Gasteiger partial charge is 0.423 e. The first-order valence-electron chi connectivity index (χ1n) is 12.3. The summed E-state index contributed by atoms with van der Waals surface area (Å²) in [5.41, 5.74) is 13.9. The van der Waals surface area contributed by atoms with Crippen LogP contribution >= 0.6 is 0 Å². The molecule has 0 atom stereocenters. The third kappa shape index (κ3) is 4.79. The predicted octanol–water partition coefficient (Wildman–Crippen LogP) is 6.28. The van der Waals surface area contributed by atoms with Crippen molar-refractivity contribution in [3.8, 4) is 0 Å². The van der Waals surface area contributed by atoms with Gasteiger partial charge in [0, 0.05) is 17.3 Å². The van der Waals surface area contributed by atoms with Gasteiger partial charge in [-0.2, -0.15) is 4.98 Å². The highest BCUT2D eigenvalue weighted by molar-refractivity contribution is 6.16. The van der Waals surface area contributed by atoms with Gasteiger partial charge in [0.25, 0.3) is 6.01 Å². The van der Waals surface area contributed by atoms with Gasteiger partial charge in [0.05, 0.1) is 11.3 Å². The number of rotatable bonds is 6. The molecule has 0 bridgehead atoms. The van der Waals surface area contributed by atoms with Crippen LogP contribution in [-0.2, 0) is 0 Å². The molecule has 5 N–H and O–H groups in total. The van der Waals surface area contributed by atoms with Crippen molar-refractivity contribution in [2.75, 3.05) is 16.4 Å². The first-order valence-corrected chi connectivity index (χ1v) is 12.3. The average Bonchev–Trinajstić information content (AvgIpc) is 3.27. The highest BCUT2D eigenvalue weighted by Gasteiger charge is 2.21. The maximum Gasteiger partial charge on any atom is 0.300 e. The van der Waals surface area contributed by atoms with Crippen molar-refractivity contribution in [2.24, 2.45) is 0 Å². The molecule has 2 aromatic carbocycles. The zero-order chi connectivity index (χ0) is 25.2. The molecule has 0 amide bonds. The molecule has 1 fully saturated rings. The summed E-state index contributed by atoms with van der Waals surface area (Å²) in [6.45, 7) is 6.16. The molecule has 2 aromatic heterocycles. The molecule has 1 saturated carbocycles. The Morgan fingerprint density at radius 2 is 1.86 bits per heavy atom. The molecule has 0 aliphatic heterocycles. The Morgan fingerprint density at radius 3 is 2.58 bits per heavy atom. The quantitative estimate of drug-likeness (QED) is 0.189. The lowest BCUT2D eigenvalue weighted by molar-refractivity contribution is 0.538. The second kappa shape index (κ2) is 9.81. The number of hydrogen-bond donors (Lipinski definition) is 4. The van der Waals surface area contributed by atoms with Gasteiger partial charge in [-0.05, 0) is 75.8 Å². The van der Waals surface area contributed by atoms with Gasteiger partial charge in [0.2, 0.25) is 0 Å². The summed E-state index contributed by atoms with van der Waals surface area (Å²) < 4.78 is 5.91. The minimum atomic E-state index is 0.278. The van der Waals surface area contributed by atoms with E-state index < -0.39 is 0 Å². The summed E-state index contributed by atoms with van der Waals surface area (Å²) in [6, 6.07) is 12.3. The van der Waals surface area contributed by atoms with Crippen LogP contribution in [0.15, 0.2) is 58.8 Å². The molecular formula is C28H31N7O. The van der Waals surface area contributed by atoms with E-state index in [0.717, 1.165) is 53.6 Å². The SMILES string of the molecule is CC=C1CCC(Nc2ncnc(N)c2C(=N)c2ccc(Nc3nc4cc(C)cc(C)c4o3)cc2)CC1. The summed E-state index contributed by atoms with van der Waals surface area (Å²) in [5.74, 6) is 0.905. The first kappa shape index (κ1) is 23.5. The minimum Gasteiger partial charge on any atom is -0.423 e. The Bertz CT molecular complexity index is 1440. The second-order valence-corrected chi connectivity index (χ2v) is 9.37. The summed E-state index contributed by atoms with van der Waals surface area (Å²) >= 11 is 0. The zero-order valence-electron chi connectivity index (χ0n) is 20.9. The Balaban J connectivity index is 1.33. The predicted molar refractivity (Wildman–Crippen MR) is 145 cm³/mol. The molecule has 0 radical (unpaired) electrons. The Morgan fingerprint density at radius 1 is 1.11 bits per heavy atom. The minimum absolute atomic E-state index is 0.278. The number of allylic oxidation sites excluding steroid dienone is 2. The number of hydrogen-bond acceptors (Lipinski definition) is 8. The van der Waals surface area contributed by atoms with Crippen molar-refractivity contribution in [3.05, 3.63) is 76.6 Å². The number of aryl methyl sites for hydroxylation is 2. The molecule has 36 heavy (non-hydrogen) atoms. The monoisotopic (exact) mass is 481 g/mol. The van der Waals surface area contributed by atoms with Crippen LogP contribution in [-0.4, -0.2) is 26.7 Å². The molecule has 0 saturated heterocycles. The number of nitrogen functional groups attached to an aromatic ring is 1. The van der Waals surface area contributed by atoms with Gasteiger partial charge >= 0.3 is 0 Å². The smallest absolute Gasteiger partial charge is 0.300 e. The summed E-state index contributed by atoms with van der Waals surface area (Å²) in [4.78, 5) is 13.2. The Hall–Kier alpha value is -4.20. The fraction of sp³-hybridized carbons (Fsp3) is 0.286. The Labute approximate surface area is 210 Å². The van der Waals surface area contributed by atoms with Gasteiger partial charge in [0.1, 0.15) is 23.5 Å². The molecule has 4 aromatic rings. The zero-order valence-corrected chi connectivity index (χ0v) is 20.9. The number of anilines is 4. The molecule has 5 rings (SSSR count). The van der Waals surface area contributed by atoms with Gasteiger partial charge < -0.3 is 20.8 Å². The third-order valence-electron chi connectivity index (χ3n) is 6.75. The van der Waals surface area contributed by atoms with E-state index in [0.29, 0.717) is 34.8 Å². The van der Waals surface area contributed by atoms with Crippen molar-refractivity contribution in [1.29, 1.82) is 5.41 Å². The maximum absolute atomic E-state index is 8.88. The van der Waals surface area contributed by atoms with Crippen LogP contribution in [0.5, 0.6) is 0 Å². The number of oxazole rings is 1. The van der Waals surface area contributed by atoms with Crippen LogP contribution in [0.3, 0.4) is 0 Å². The lowest BCUT2D eigenvalue weighted by atomic mass is 9.90. The van der Waals surface area contributed by atoms with E-state index in [9.17, 15) is 0 Å². The van der Waals surface area contributed by atoms with Gasteiger partial charge in [-0.25, -0.2) is 9.97 Å². The lowest BCUT2D eigenvalue weighted by Gasteiger charge is -2.26. The van der Waals surface area contributed by atoms with E-state index in [-0.39, 0.29) is 5.71 Å². The number of benzene rings is 2. The second-order valence-electron chi connectivity index (χ2n) is 9.37. The van der Waals surface area contributed by atoms with Gasteiger partial charge in [0.15, 0.2) is 5.58 Å². The first-order chi connectivity index (χ1) is 17.4. The van der Waals surface area contributed by atoms with Crippen LogP contribution in [0.1, 0.15) is 54.9 Å². The maximum atomic E-state index is 8.88. The van der Waals surface area contributed by atoms with Crippen LogP contribution in [0.2, 0.25) is 0 Å². The molecular weight excluding hydrogens is 450 g/mol. The van der Waals surface area contributed by atoms with Crippen molar-refractivity contribution >= 4 is 40.1 Å². The number of nitrogens with two attached hydrogens (primary N) is 1. The van der Waals surface area contributed by atoms with Gasteiger partial charge in [-0.1, -0.05) is 29.8 Å². The Kier molecular flexibility index (Phi) is 6.41. The number of nitrogens with one attached hydrogen (secondary N) is 3. The number of nitrogens with zero attached hydrogens (tertiary/aromatic N) is 3. The van der Waals surface area contributed by atoms with Gasteiger partial charge in [-0.15, -0.1) is 0 Å². The molecule has 0 spiro atoms. The fourth-order valence-corrected chi connectivity index (χ4v) is 4.79. The van der Waals surface area contributed by atoms with E-state index >= 15 is 0 Å². The topological polar surface area (TPSA) is 126 Å². The molecule has 8 nitrogen and oxygen atoms in total. The van der Waals surface area contributed by atoms with Gasteiger partial charge in [-0.3, -0.25) is 5.41 Å². The van der Waals surface area contributed by atoms with Crippen molar-refractivity contribution < 1.29 is 4.42 Å². The van der Waals surface area contributed by atoms with Crippen LogP contribution in [0.4, 0.5) is 23.3 Å². The third-order valence-corrected chi connectivity index (χ3v) is 6.75. The van der Waals surface area contributed by atoms with Crippen molar-refractivity contribution in [1.82, 2.24) is 15.0 Å². The normalized spacial score (nSPS) is 15.6. The highest BCUT2D eigenvalue weighted by Crippen LogP contribution is 2.29. The standard InChI is InChI=1S/C28H31N7O/c1-4-18-5-9-20(10-6-18)33-27-23(26(30)31-15-32-27)24(29)19-7-11-21(12-8-19)34-28-35-22-14-16(2)13-17(3)25(22)36-28/h4,7-8,11-15,20,29H,5-6,9-10H2,1-3H3,(H,34,35)(H3,30,31,32,33). The lowest BCUT2D eigenvalue weighted by Crippen LogP contribution is -2.25. The molecule has 8 heteroatoms. The molecule has 1 aliphatic carbocycles. The molecule has 2 heterocycles. The summed E-state index contributed by atoms with van der Waals surface area (Å²) in [7, 11) is 0. The summed E-state index contributed by atoms with van der Waals surface area (Å²) in [5, 5.41) is 15.6. The average molecular weight is 482 g/mol. The van der Waals surface area contributed by atoms with Crippen LogP contribution in [0, 0.1) is 19.3 Å². The molecule has 1 aliphatic rings. The number of fused-ring (bicyclic) bond motifs is 1. The van der Waals surface area contributed by atoms with E-state index in [4.69, 9.17) is 15.6 Å². The van der Waals surface area contributed by atoms with E-state index in [2.05, 4.69) is 44.7 Å². The fourth-order valence-electron chi connectivity index (χ4n) is 4.79.